The second-order valence-corrected chi connectivity index (χ2v) is 8.99. The van der Waals surface area contributed by atoms with Gasteiger partial charge in [-0.3, -0.25) is 0 Å². The van der Waals surface area contributed by atoms with Crippen LogP contribution < -0.4 is 0 Å². The molecule has 6 heteroatoms. The minimum atomic E-state index is -3.88. The Balaban J connectivity index is 2.11. The molecule has 0 unspecified atom stereocenters. The summed E-state index contributed by atoms with van der Waals surface area (Å²) in [5.41, 5.74) is 3.70. The zero-order chi connectivity index (χ0) is 21.7. The first-order chi connectivity index (χ1) is 14.4. The van der Waals surface area contributed by atoms with Crippen LogP contribution in [0.5, 0.6) is 0 Å². The van der Waals surface area contributed by atoms with Crippen molar-refractivity contribution in [3.05, 3.63) is 100 Å². The molecule has 0 radical (unpaired) electrons. The van der Waals surface area contributed by atoms with Gasteiger partial charge in [0.05, 0.1) is 28.2 Å². The van der Waals surface area contributed by atoms with Gasteiger partial charge in [-0.2, -0.15) is 14.8 Å². The van der Waals surface area contributed by atoms with Gasteiger partial charge in [0.25, 0.3) is 0 Å². The average molecular weight is 416 g/mol. The maximum absolute atomic E-state index is 13.6. The highest BCUT2D eigenvalue weighted by Crippen LogP contribution is 2.26. The summed E-state index contributed by atoms with van der Waals surface area (Å²) in [5, 5.41) is 18.9. The molecule has 0 saturated heterocycles. The normalized spacial score (nSPS) is 11.1. The van der Waals surface area contributed by atoms with Crippen LogP contribution in [0.2, 0.25) is 0 Å². The van der Waals surface area contributed by atoms with Gasteiger partial charge in [0.1, 0.15) is 0 Å². The molecule has 3 aromatic rings. The van der Waals surface area contributed by atoms with Gasteiger partial charge >= 0.3 is 0 Å². The second kappa shape index (κ2) is 8.92. The van der Waals surface area contributed by atoms with Crippen molar-refractivity contribution in [2.75, 3.05) is 0 Å². The van der Waals surface area contributed by atoms with Crippen molar-refractivity contribution in [1.82, 2.24) is 4.31 Å². The lowest BCUT2D eigenvalue weighted by atomic mass is 10.1. The van der Waals surface area contributed by atoms with Crippen molar-refractivity contribution in [1.29, 1.82) is 10.5 Å². The lowest BCUT2D eigenvalue weighted by Gasteiger charge is -2.24. The average Bonchev–Trinajstić information content (AvgIpc) is 2.73. The summed E-state index contributed by atoms with van der Waals surface area (Å²) in [5.74, 6) is 0. The Morgan fingerprint density at radius 1 is 0.800 bits per heavy atom. The van der Waals surface area contributed by atoms with E-state index in [-0.39, 0.29) is 18.0 Å². The fraction of sp³-hybridized carbons (Fsp3) is 0.167. The minimum Gasteiger partial charge on any atom is -0.207 e. The van der Waals surface area contributed by atoms with Gasteiger partial charge in [0.2, 0.25) is 10.0 Å². The Hall–Kier alpha value is -3.45. The van der Waals surface area contributed by atoms with Gasteiger partial charge in [-0.15, -0.1) is 0 Å². The Morgan fingerprint density at radius 2 is 1.30 bits per heavy atom. The number of benzene rings is 3. The van der Waals surface area contributed by atoms with Crippen molar-refractivity contribution in [3.63, 3.8) is 0 Å². The summed E-state index contributed by atoms with van der Waals surface area (Å²) in [7, 11) is -3.88. The predicted octanol–water partition coefficient (Wildman–Crippen LogP) is 4.44. The van der Waals surface area contributed by atoms with E-state index >= 15 is 0 Å². The fourth-order valence-electron chi connectivity index (χ4n) is 3.37. The highest BCUT2D eigenvalue weighted by molar-refractivity contribution is 7.89. The molecule has 0 aliphatic heterocycles. The highest BCUT2D eigenvalue weighted by atomic mass is 32.2. The Morgan fingerprint density at radius 3 is 1.77 bits per heavy atom. The van der Waals surface area contributed by atoms with E-state index in [1.165, 1.54) is 4.31 Å². The van der Waals surface area contributed by atoms with Crippen LogP contribution in [-0.2, 0) is 23.1 Å². The molecule has 150 valence electrons. The van der Waals surface area contributed by atoms with Gasteiger partial charge in [0, 0.05) is 13.1 Å². The van der Waals surface area contributed by atoms with Crippen LogP contribution in [0.3, 0.4) is 0 Å². The Bertz CT molecular complexity index is 1210. The Kier molecular flexibility index (Phi) is 6.32. The first-order valence-electron chi connectivity index (χ1n) is 9.40. The van der Waals surface area contributed by atoms with E-state index in [1.807, 2.05) is 13.0 Å². The van der Waals surface area contributed by atoms with Gasteiger partial charge in [-0.05, 0) is 48.7 Å². The standard InChI is InChI=1S/C24H21N3O2S/c1-18-11-12-24(19(2)13-18)30(28,29)27(16-22-9-5-3-7-20(22)14-25)17-23-10-6-4-8-21(23)15-26/h3-13H,16-17H2,1-2H3. The third-order valence-electron chi connectivity index (χ3n) is 4.92. The topological polar surface area (TPSA) is 85.0 Å². The molecule has 0 fully saturated rings. The summed E-state index contributed by atoms with van der Waals surface area (Å²) < 4.78 is 28.6. The summed E-state index contributed by atoms with van der Waals surface area (Å²) in [6, 6.07) is 23.3. The largest absolute Gasteiger partial charge is 0.243 e. The van der Waals surface area contributed by atoms with Crippen LogP contribution in [0.25, 0.3) is 0 Å². The first kappa shape index (κ1) is 21.3. The molecule has 0 atom stereocenters. The zero-order valence-electron chi connectivity index (χ0n) is 16.8. The van der Waals surface area contributed by atoms with E-state index in [0.717, 1.165) is 5.56 Å². The van der Waals surface area contributed by atoms with E-state index in [2.05, 4.69) is 12.1 Å². The van der Waals surface area contributed by atoms with Gasteiger partial charge in [-0.25, -0.2) is 8.42 Å². The van der Waals surface area contributed by atoms with E-state index in [0.29, 0.717) is 27.8 Å². The smallest absolute Gasteiger partial charge is 0.207 e. The molecule has 0 aromatic heterocycles. The van der Waals surface area contributed by atoms with Crippen LogP contribution >= 0.6 is 0 Å². The third kappa shape index (κ3) is 4.41. The molecule has 3 aromatic carbocycles. The van der Waals surface area contributed by atoms with Crippen molar-refractivity contribution in [3.8, 4) is 12.1 Å². The fourth-order valence-corrected chi connectivity index (χ4v) is 4.97. The maximum atomic E-state index is 13.6. The molecule has 5 nitrogen and oxygen atoms in total. The second-order valence-electron chi connectivity index (χ2n) is 7.08. The lowest BCUT2D eigenvalue weighted by Crippen LogP contribution is -2.31. The van der Waals surface area contributed by atoms with Crippen molar-refractivity contribution in [2.24, 2.45) is 0 Å². The molecular formula is C24H21N3O2S. The third-order valence-corrected chi connectivity index (χ3v) is 6.87. The molecule has 0 aliphatic rings. The molecule has 0 N–H and O–H groups in total. The van der Waals surface area contributed by atoms with Crippen molar-refractivity contribution < 1.29 is 8.42 Å². The van der Waals surface area contributed by atoms with Crippen LogP contribution in [0.4, 0.5) is 0 Å². The van der Waals surface area contributed by atoms with Crippen LogP contribution in [0.15, 0.2) is 71.6 Å². The van der Waals surface area contributed by atoms with E-state index in [9.17, 15) is 18.9 Å². The molecule has 0 aliphatic carbocycles. The van der Waals surface area contributed by atoms with Gasteiger partial charge in [0.15, 0.2) is 0 Å². The van der Waals surface area contributed by atoms with E-state index in [4.69, 9.17) is 0 Å². The van der Waals surface area contributed by atoms with Crippen molar-refractivity contribution in [2.45, 2.75) is 31.8 Å². The summed E-state index contributed by atoms with van der Waals surface area (Å²) >= 11 is 0. The molecule has 0 heterocycles. The molecule has 0 bridgehead atoms. The number of hydrogen-bond acceptors (Lipinski definition) is 4. The molecule has 0 spiro atoms. The quantitative estimate of drug-likeness (QED) is 0.596. The van der Waals surface area contributed by atoms with Crippen molar-refractivity contribution >= 4 is 10.0 Å². The SMILES string of the molecule is Cc1ccc(S(=O)(=O)N(Cc2ccccc2C#N)Cc2ccccc2C#N)c(C)c1. The van der Waals surface area contributed by atoms with E-state index in [1.54, 1.807) is 67.6 Å². The monoisotopic (exact) mass is 415 g/mol. The molecular weight excluding hydrogens is 394 g/mol. The maximum Gasteiger partial charge on any atom is 0.243 e. The number of hydrogen-bond donors (Lipinski definition) is 0. The zero-order valence-corrected chi connectivity index (χ0v) is 17.6. The number of rotatable bonds is 6. The molecule has 30 heavy (non-hydrogen) atoms. The number of sulfonamides is 1. The van der Waals surface area contributed by atoms with Crippen LogP contribution in [-0.4, -0.2) is 12.7 Å². The predicted molar refractivity (Wildman–Crippen MR) is 115 cm³/mol. The summed E-state index contributed by atoms with van der Waals surface area (Å²) in [6.07, 6.45) is 0. The first-order valence-corrected chi connectivity index (χ1v) is 10.8. The molecule has 3 rings (SSSR count). The lowest BCUT2D eigenvalue weighted by molar-refractivity contribution is 0.400. The highest BCUT2D eigenvalue weighted by Gasteiger charge is 2.28. The summed E-state index contributed by atoms with van der Waals surface area (Å²) in [4.78, 5) is 0.219. The number of nitriles is 2. The molecule has 0 amide bonds. The minimum absolute atomic E-state index is 0.0269. The van der Waals surface area contributed by atoms with Gasteiger partial charge < -0.3 is 0 Å². The van der Waals surface area contributed by atoms with Gasteiger partial charge in [-0.1, -0.05) is 54.1 Å². The van der Waals surface area contributed by atoms with Crippen LogP contribution in [0.1, 0.15) is 33.4 Å². The summed E-state index contributed by atoms with van der Waals surface area (Å²) in [6.45, 7) is 3.73. The van der Waals surface area contributed by atoms with E-state index < -0.39 is 10.0 Å². The number of aryl methyl sites for hydroxylation is 2. The Labute approximate surface area is 177 Å². The molecule has 0 saturated carbocycles. The van der Waals surface area contributed by atoms with Crippen LogP contribution in [0, 0.1) is 36.5 Å². The number of nitrogens with zero attached hydrogens (tertiary/aromatic N) is 3.